The highest BCUT2D eigenvalue weighted by Crippen LogP contribution is 2.37. The van der Waals surface area contributed by atoms with Gasteiger partial charge in [0.25, 0.3) is 0 Å². The number of H-pyrrole nitrogens is 1. The number of ether oxygens (including phenoxy) is 3. The number of methoxy groups -OCH3 is 3. The Hall–Kier alpha value is -3.73. The van der Waals surface area contributed by atoms with E-state index in [4.69, 9.17) is 19.2 Å². The first kappa shape index (κ1) is 18.6. The van der Waals surface area contributed by atoms with Crippen LogP contribution in [0.15, 0.2) is 72.8 Å². The maximum atomic E-state index is 5.53. The molecule has 0 unspecified atom stereocenters. The van der Waals surface area contributed by atoms with Crippen LogP contribution in [0.3, 0.4) is 0 Å². The second-order valence-corrected chi connectivity index (χ2v) is 6.47. The number of para-hydroxylation sites is 1. The van der Waals surface area contributed by atoms with Crippen molar-refractivity contribution in [3.05, 3.63) is 72.8 Å². The van der Waals surface area contributed by atoms with Crippen LogP contribution in [-0.4, -0.2) is 31.3 Å². The summed E-state index contributed by atoms with van der Waals surface area (Å²) in [5.74, 6) is 3.06. The Labute approximate surface area is 169 Å². The van der Waals surface area contributed by atoms with Crippen molar-refractivity contribution in [2.24, 2.45) is 0 Å². The van der Waals surface area contributed by atoms with Crippen LogP contribution in [0.4, 0.5) is 0 Å². The van der Waals surface area contributed by atoms with Gasteiger partial charge in [0.15, 0.2) is 0 Å². The summed E-state index contributed by atoms with van der Waals surface area (Å²) in [6, 6.07) is 23.6. The molecule has 1 N–H and O–H groups in total. The average molecular weight is 386 g/mol. The predicted octanol–water partition coefficient (Wildman–Crippen LogP) is 5.44. The summed E-state index contributed by atoms with van der Waals surface area (Å²) < 4.78 is 16.4. The Morgan fingerprint density at radius 3 is 2.03 bits per heavy atom. The number of benzene rings is 3. The number of imidazole rings is 1. The van der Waals surface area contributed by atoms with Crippen molar-refractivity contribution in [1.82, 2.24) is 9.97 Å². The smallest absolute Gasteiger partial charge is 0.142 e. The number of hydrogen-bond donors (Lipinski definition) is 1. The van der Waals surface area contributed by atoms with Gasteiger partial charge in [-0.3, -0.25) is 0 Å². The minimum Gasteiger partial charge on any atom is -0.497 e. The molecule has 0 aliphatic rings. The highest BCUT2D eigenvalue weighted by atomic mass is 16.5. The second-order valence-electron chi connectivity index (χ2n) is 6.47. The quantitative estimate of drug-likeness (QED) is 0.480. The highest BCUT2D eigenvalue weighted by Gasteiger charge is 2.18. The van der Waals surface area contributed by atoms with Crippen LogP contribution in [0.2, 0.25) is 0 Å². The van der Waals surface area contributed by atoms with Crippen LogP contribution in [0.5, 0.6) is 17.2 Å². The zero-order chi connectivity index (χ0) is 20.2. The van der Waals surface area contributed by atoms with Crippen LogP contribution in [-0.2, 0) is 0 Å². The van der Waals surface area contributed by atoms with Crippen molar-refractivity contribution in [3.8, 4) is 51.2 Å². The van der Waals surface area contributed by atoms with Gasteiger partial charge in [0.05, 0.1) is 38.3 Å². The SMILES string of the molecule is COc1cccc(-c2nc(-c3ccccc3OC)[nH]c2-c2cccc(OC)c2)c1. The lowest BCUT2D eigenvalue weighted by molar-refractivity contribution is 0.415. The lowest BCUT2D eigenvalue weighted by atomic mass is 10.0. The minimum atomic E-state index is 0.734. The molecule has 0 saturated heterocycles. The number of aromatic amines is 1. The zero-order valence-electron chi connectivity index (χ0n) is 16.6. The summed E-state index contributed by atoms with van der Waals surface area (Å²) in [5, 5.41) is 0. The molecule has 0 bridgehead atoms. The largest absolute Gasteiger partial charge is 0.497 e. The molecular formula is C24H22N2O3. The summed E-state index contributed by atoms with van der Waals surface area (Å²) in [5.41, 5.74) is 4.57. The maximum absolute atomic E-state index is 5.53. The molecule has 4 rings (SSSR count). The van der Waals surface area contributed by atoms with E-state index in [-0.39, 0.29) is 0 Å². The fraction of sp³-hybridized carbons (Fsp3) is 0.125. The number of nitrogens with one attached hydrogen (secondary N) is 1. The molecular weight excluding hydrogens is 364 g/mol. The summed E-state index contributed by atoms with van der Waals surface area (Å²) in [4.78, 5) is 8.42. The molecule has 0 amide bonds. The molecule has 0 saturated carbocycles. The van der Waals surface area contributed by atoms with Gasteiger partial charge in [0.2, 0.25) is 0 Å². The van der Waals surface area contributed by atoms with Crippen molar-refractivity contribution in [3.63, 3.8) is 0 Å². The van der Waals surface area contributed by atoms with Gasteiger partial charge in [-0.15, -0.1) is 0 Å². The fourth-order valence-corrected chi connectivity index (χ4v) is 3.31. The average Bonchev–Trinajstić information content (AvgIpc) is 3.24. The van der Waals surface area contributed by atoms with Crippen LogP contribution in [0.25, 0.3) is 33.9 Å². The Bertz CT molecular complexity index is 1070. The number of rotatable bonds is 6. The molecule has 1 heterocycles. The summed E-state index contributed by atoms with van der Waals surface area (Å²) >= 11 is 0. The van der Waals surface area contributed by atoms with Crippen molar-refractivity contribution >= 4 is 0 Å². The van der Waals surface area contributed by atoms with E-state index < -0.39 is 0 Å². The molecule has 0 atom stereocenters. The van der Waals surface area contributed by atoms with Gasteiger partial charge in [-0.2, -0.15) is 0 Å². The van der Waals surface area contributed by atoms with Crippen molar-refractivity contribution in [1.29, 1.82) is 0 Å². The van der Waals surface area contributed by atoms with Gasteiger partial charge in [-0.25, -0.2) is 4.98 Å². The lowest BCUT2D eigenvalue weighted by Crippen LogP contribution is -1.89. The van der Waals surface area contributed by atoms with Gasteiger partial charge in [-0.1, -0.05) is 36.4 Å². The lowest BCUT2D eigenvalue weighted by Gasteiger charge is -2.07. The van der Waals surface area contributed by atoms with Crippen LogP contribution < -0.4 is 14.2 Å². The summed E-state index contributed by atoms with van der Waals surface area (Å²) in [6.07, 6.45) is 0. The van der Waals surface area contributed by atoms with Gasteiger partial charge < -0.3 is 19.2 Å². The number of hydrogen-bond acceptors (Lipinski definition) is 4. The third-order valence-electron chi connectivity index (χ3n) is 4.77. The third kappa shape index (κ3) is 3.67. The first-order valence-corrected chi connectivity index (χ1v) is 9.25. The first-order valence-electron chi connectivity index (χ1n) is 9.25. The second kappa shape index (κ2) is 8.10. The molecule has 146 valence electrons. The van der Waals surface area contributed by atoms with Crippen molar-refractivity contribution in [2.45, 2.75) is 0 Å². The Morgan fingerprint density at radius 2 is 1.34 bits per heavy atom. The van der Waals surface area contributed by atoms with Crippen LogP contribution in [0, 0.1) is 0 Å². The predicted molar refractivity (Wildman–Crippen MR) is 115 cm³/mol. The summed E-state index contributed by atoms with van der Waals surface area (Å²) in [7, 11) is 4.98. The standard InChI is InChI=1S/C24H22N2O3/c1-27-18-10-6-8-16(14-18)22-23(17-9-7-11-19(15-17)28-2)26-24(25-22)20-12-4-5-13-21(20)29-3/h4-15H,1-3H3,(H,25,26). The Balaban J connectivity index is 1.93. The minimum absolute atomic E-state index is 0.734. The van der Waals surface area contributed by atoms with E-state index >= 15 is 0 Å². The van der Waals surface area contributed by atoms with Crippen LogP contribution in [0.1, 0.15) is 0 Å². The van der Waals surface area contributed by atoms with E-state index in [2.05, 4.69) is 4.98 Å². The molecule has 0 radical (unpaired) electrons. The van der Waals surface area contributed by atoms with Crippen molar-refractivity contribution in [2.75, 3.05) is 21.3 Å². The van der Waals surface area contributed by atoms with E-state index in [0.29, 0.717) is 0 Å². The van der Waals surface area contributed by atoms with Gasteiger partial charge in [0, 0.05) is 11.1 Å². The van der Waals surface area contributed by atoms with E-state index in [9.17, 15) is 0 Å². The molecule has 1 aromatic heterocycles. The number of aromatic nitrogens is 2. The van der Waals surface area contributed by atoms with Gasteiger partial charge in [-0.05, 0) is 36.4 Å². The fourth-order valence-electron chi connectivity index (χ4n) is 3.31. The normalized spacial score (nSPS) is 10.6. The van der Waals surface area contributed by atoms with E-state index in [1.807, 2.05) is 72.8 Å². The summed E-state index contributed by atoms with van der Waals surface area (Å²) in [6.45, 7) is 0. The molecule has 5 heteroatoms. The topological polar surface area (TPSA) is 56.4 Å². The first-order chi connectivity index (χ1) is 14.2. The molecule has 3 aromatic carbocycles. The number of nitrogens with zero attached hydrogens (tertiary/aromatic N) is 1. The van der Waals surface area contributed by atoms with E-state index in [1.165, 1.54) is 0 Å². The third-order valence-corrected chi connectivity index (χ3v) is 4.77. The molecule has 0 aliphatic heterocycles. The highest BCUT2D eigenvalue weighted by molar-refractivity contribution is 5.83. The van der Waals surface area contributed by atoms with Crippen molar-refractivity contribution < 1.29 is 14.2 Å². The molecule has 4 aromatic rings. The van der Waals surface area contributed by atoms with Gasteiger partial charge in [0.1, 0.15) is 23.1 Å². The molecule has 0 spiro atoms. The monoisotopic (exact) mass is 386 g/mol. The Morgan fingerprint density at radius 1 is 0.690 bits per heavy atom. The van der Waals surface area contributed by atoms with Crippen LogP contribution >= 0.6 is 0 Å². The van der Waals surface area contributed by atoms with E-state index in [0.717, 1.165) is 51.2 Å². The maximum Gasteiger partial charge on any atom is 0.142 e. The van der Waals surface area contributed by atoms with Gasteiger partial charge >= 0.3 is 0 Å². The molecule has 29 heavy (non-hydrogen) atoms. The zero-order valence-corrected chi connectivity index (χ0v) is 16.6. The molecule has 0 aliphatic carbocycles. The Kier molecular flexibility index (Phi) is 5.20. The van der Waals surface area contributed by atoms with E-state index in [1.54, 1.807) is 21.3 Å². The molecule has 0 fully saturated rings. The molecule has 5 nitrogen and oxygen atoms in total.